The van der Waals surface area contributed by atoms with Gasteiger partial charge in [0.05, 0.1) is 12.7 Å². The van der Waals surface area contributed by atoms with Crippen molar-refractivity contribution in [3.8, 4) is 5.75 Å². The molecular formula is C18H18N2O8S. The SMILES string of the molecule is COC(=O)NS(=O)(=O)c1ccccc1C(=O)N[C@@H](Cc1ccc(O)cc1)C(=O)O. The first-order chi connectivity index (χ1) is 13.6. The van der Waals surface area contributed by atoms with E-state index in [0.717, 1.165) is 13.2 Å². The third-order valence-corrected chi connectivity index (χ3v) is 5.17. The molecule has 0 heterocycles. The summed E-state index contributed by atoms with van der Waals surface area (Å²) in [6.45, 7) is 0. The average molecular weight is 422 g/mol. The van der Waals surface area contributed by atoms with E-state index >= 15 is 0 Å². The zero-order valence-electron chi connectivity index (χ0n) is 15.2. The van der Waals surface area contributed by atoms with Gasteiger partial charge in [0.1, 0.15) is 16.7 Å². The second kappa shape index (κ2) is 9.06. The van der Waals surface area contributed by atoms with Crippen LogP contribution in [0.2, 0.25) is 0 Å². The van der Waals surface area contributed by atoms with Crippen LogP contribution in [0, 0.1) is 0 Å². The first kappa shape index (κ1) is 21.7. The van der Waals surface area contributed by atoms with Crippen molar-refractivity contribution >= 4 is 28.0 Å². The minimum absolute atomic E-state index is 0.00176. The highest BCUT2D eigenvalue weighted by molar-refractivity contribution is 7.90. The average Bonchev–Trinajstić information content (AvgIpc) is 2.68. The summed E-state index contributed by atoms with van der Waals surface area (Å²) in [6, 6.07) is 9.38. The number of phenols is 1. The molecule has 11 heteroatoms. The van der Waals surface area contributed by atoms with Crippen LogP contribution >= 0.6 is 0 Å². The van der Waals surface area contributed by atoms with Crippen molar-refractivity contribution < 1.29 is 37.8 Å². The highest BCUT2D eigenvalue weighted by Crippen LogP contribution is 2.17. The summed E-state index contributed by atoms with van der Waals surface area (Å²) < 4.78 is 30.6. The largest absolute Gasteiger partial charge is 0.508 e. The number of phenolic OH excluding ortho intramolecular Hbond substituents is 1. The van der Waals surface area contributed by atoms with Crippen LogP contribution in [-0.4, -0.2) is 49.8 Å². The van der Waals surface area contributed by atoms with Gasteiger partial charge in [-0.2, -0.15) is 0 Å². The van der Waals surface area contributed by atoms with Gasteiger partial charge in [0, 0.05) is 6.42 Å². The molecule has 10 nitrogen and oxygen atoms in total. The van der Waals surface area contributed by atoms with Crippen LogP contribution in [0.3, 0.4) is 0 Å². The lowest BCUT2D eigenvalue weighted by Gasteiger charge is -2.16. The number of sulfonamides is 1. The maximum atomic E-state index is 12.6. The lowest BCUT2D eigenvalue weighted by molar-refractivity contribution is -0.139. The maximum Gasteiger partial charge on any atom is 0.420 e. The number of amides is 2. The fourth-order valence-corrected chi connectivity index (χ4v) is 3.52. The van der Waals surface area contributed by atoms with Crippen LogP contribution in [0.4, 0.5) is 4.79 Å². The summed E-state index contributed by atoms with van der Waals surface area (Å²) in [5, 5.41) is 21.0. The van der Waals surface area contributed by atoms with Crippen LogP contribution in [-0.2, 0) is 26.0 Å². The lowest BCUT2D eigenvalue weighted by atomic mass is 10.1. The minimum atomic E-state index is -4.43. The Morgan fingerprint density at radius 3 is 2.28 bits per heavy atom. The van der Waals surface area contributed by atoms with E-state index in [0.29, 0.717) is 5.56 Å². The number of carboxylic acids is 1. The number of rotatable bonds is 7. The minimum Gasteiger partial charge on any atom is -0.508 e. The molecule has 29 heavy (non-hydrogen) atoms. The molecule has 0 spiro atoms. The van der Waals surface area contributed by atoms with Crippen LogP contribution in [0.15, 0.2) is 53.4 Å². The molecule has 0 unspecified atom stereocenters. The van der Waals surface area contributed by atoms with Crippen molar-refractivity contribution in [1.29, 1.82) is 0 Å². The van der Waals surface area contributed by atoms with Gasteiger partial charge >= 0.3 is 12.1 Å². The Hall–Kier alpha value is -3.60. The standard InChI is InChI=1S/C18H18N2O8S/c1-28-18(25)20-29(26,27)15-5-3-2-4-13(15)16(22)19-14(17(23)24)10-11-6-8-12(21)9-7-11/h2-9,14,21H,10H2,1H3,(H,19,22)(H,20,25)(H,23,24)/t14-/m0/s1. The Bertz CT molecular complexity index is 1020. The molecule has 0 aliphatic heterocycles. The van der Waals surface area contributed by atoms with Crippen LogP contribution in [0.5, 0.6) is 5.75 Å². The molecule has 0 radical (unpaired) electrons. The number of carbonyl (C=O) groups excluding carboxylic acids is 2. The highest BCUT2D eigenvalue weighted by Gasteiger charge is 2.27. The second-order valence-electron chi connectivity index (χ2n) is 5.83. The molecule has 4 N–H and O–H groups in total. The van der Waals surface area contributed by atoms with Gasteiger partial charge in [0.15, 0.2) is 0 Å². The molecule has 0 saturated carbocycles. The topological polar surface area (TPSA) is 159 Å². The number of nitrogens with one attached hydrogen (secondary N) is 2. The molecule has 0 aromatic heterocycles. The number of ether oxygens (including phenoxy) is 1. The Morgan fingerprint density at radius 1 is 1.07 bits per heavy atom. The molecule has 0 bridgehead atoms. The summed E-state index contributed by atoms with van der Waals surface area (Å²) in [7, 11) is -3.45. The van der Waals surface area contributed by atoms with Gasteiger partial charge in [-0.1, -0.05) is 24.3 Å². The van der Waals surface area contributed by atoms with Gasteiger partial charge in [-0.15, -0.1) is 0 Å². The molecular weight excluding hydrogens is 404 g/mol. The summed E-state index contributed by atoms with van der Waals surface area (Å²) in [6.07, 6.45) is -1.34. The molecule has 0 fully saturated rings. The number of carboxylic acid groups (broad SMARTS) is 1. The Kier molecular flexibility index (Phi) is 6.78. The van der Waals surface area contributed by atoms with E-state index in [9.17, 15) is 33.0 Å². The predicted octanol–water partition coefficient (Wildman–Crippen LogP) is 0.863. The zero-order valence-corrected chi connectivity index (χ0v) is 16.0. The Morgan fingerprint density at radius 2 is 1.69 bits per heavy atom. The molecule has 2 aromatic rings. The van der Waals surface area contributed by atoms with Crippen molar-refractivity contribution in [2.75, 3.05) is 7.11 Å². The van der Waals surface area contributed by atoms with E-state index in [-0.39, 0.29) is 17.7 Å². The van der Waals surface area contributed by atoms with Crippen LogP contribution < -0.4 is 10.0 Å². The molecule has 2 amide bonds. The smallest absolute Gasteiger partial charge is 0.420 e. The van der Waals surface area contributed by atoms with Crippen molar-refractivity contribution in [3.63, 3.8) is 0 Å². The second-order valence-corrected chi connectivity index (χ2v) is 7.48. The number of carbonyl (C=O) groups is 3. The summed E-state index contributed by atoms with van der Waals surface area (Å²) >= 11 is 0. The molecule has 154 valence electrons. The number of aromatic hydroxyl groups is 1. The van der Waals surface area contributed by atoms with Crippen LogP contribution in [0.1, 0.15) is 15.9 Å². The number of hydrogen-bond acceptors (Lipinski definition) is 7. The normalized spacial score (nSPS) is 11.9. The third kappa shape index (κ3) is 5.69. The van der Waals surface area contributed by atoms with Gasteiger partial charge in [0.25, 0.3) is 15.9 Å². The van der Waals surface area contributed by atoms with Gasteiger partial charge in [-0.25, -0.2) is 22.7 Å². The Labute approximate surface area is 166 Å². The van der Waals surface area contributed by atoms with E-state index in [2.05, 4.69) is 10.1 Å². The number of aliphatic carboxylic acids is 1. The molecule has 2 rings (SSSR count). The fourth-order valence-electron chi connectivity index (χ4n) is 2.40. The zero-order chi connectivity index (χ0) is 21.6. The monoisotopic (exact) mass is 422 g/mol. The van der Waals surface area contributed by atoms with Crippen molar-refractivity contribution in [2.45, 2.75) is 17.4 Å². The molecule has 2 aromatic carbocycles. The summed E-state index contributed by atoms with van der Waals surface area (Å²) in [4.78, 5) is 34.9. The lowest BCUT2D eigenvalue weighted by Crippen LogP contribution is -2.43. The first-order valence-corrected chi connectivity index (χ1v) is 9.63. The first-order valence-electron chi connectivity index (χ1n) is 8.15. The quantitative estimate of drug-likeness (QED) is 0.511. The number of methoxy groups -OCH3 is 1. The summed E-state index contributed by atoms with van der Waals surface area (Å²) in [5.41, 5.74) is 0.185. The number of hydrogen-bond donors (Lipinski definition) is 4. The third-order valence-electron chi connectivity index (χ3n) is 3.80. The fraction of sp³-hybridized carbons (Fsp3) is 0.167. The van der Waals surface area contributed by atoms with Gasteiger partial charge in [-0.3, -0.25) is 4.79 Å². The molecule has 0 saturated heterocycles. The van der Waals surface area contributed by atoms with Crippen molar-refractivity contribution in [3.05, 3.63) is 59.7 Å². The van der Waals surface area contributed by atoms with E-state index in [4.69, 9.17) is 0 Å². The molecule has 1 atom stereocenters. The highest BCUT2D eigenvalue weighted by atomic mass is 32.2. The molecule has 0 aliphatic rings. The van der Waals surface area contributed by atoms with Gasteiger partial charge < -0.3 is 20.3 Å². The van der Waals surface area contributed by atoms with E-state index < -0.39 is 38.9 Å². The van der Waals surface area contributed by atoms with Crippen molar-refractivity contribution in [1.82, 2.24) is 10.0 Å². The van der Waals surface area contributed by atoms with Gasteiger partial charge in [0.2, 0.25) is 0 Å². The van der Waals surface area contributed by atoms with Crippen LogP contribution in [0.25, 0.3) is 0 Å². The van der Waals surface area contributed by atoms with E-state index in [1.807, 2.05) is 0 Å². The van der Waals surface area contributed by atoms with E-state index in [1.165, 1.54) is 42.5 Å². The van der Waals surface area contributed by atoms with Crippen molar-refractivity contribution in [2.24, 2.45) is 0 Å². The maximum absolute atomic E-state index is 12.6. The van der Waals surface area contributed by atoms with E-state index in [1.54, 1.807) is 4.72 Å². The Balaban J connectivity index is 2.28. The molecule has 0 aliphatic carbocycles. The van der Waals surface area contributed by atoms with Gasteiger partial charge in [-0.05, 0) is 29.8 Å². The number of benzene rings is 2. The predicted molar refractivity (Wildman–Crippen MR) is 99.9 cm³/mol. The summed E-state index contributed by atoms with van der Waals surface area (Å²) in [5.74, 6) is -2.29.